The zero-order chi connectivity index (χ0) is 19.9. The summed E-state index contributed by atoms with van der Waals surface area (Å²) in [5, 5.41) is 11.0. The van der Waals surface area contributed by atoms with E-state index in [0.717, 1.165) is 11.1 Å². The molecule has 6 heteroatoms. The summed E-state index contributed by atoms with van der Waals surface area (Å²) >= 11 is 0. The number of anilines is 4. The zero-order valence-electron chi connectivity index (χ0n) is 15.7. The van der Waals surface area contributed by atoms with E-state index < -0.39 is 0 Å². The quantitative estimate of drug-likeness (QED) is 0.480. The third-order valence-electron chi connectivity index (χ3n) is 4.02. The van der Waals surface area contributed by atoms with Gasteiger partial charge in [-0.1, -0.05) is 35.4 Å². The molecular weight excluding hydrogens is 352 g/mol. The Kier molecular flexibility index (Phi) is 5.91. The van der Waals surface area contributed by atoms with Gasteiger partial charge in [-0.2, -0.15) is 0 Å². The zero-order valence-corrected chi connectivity index (χ0v) is 15.7. The molecule has 0 radical (unpaired) electrons. The largest absolute Gasteiger partial charge is 0.323 e. The normalized spacial score (nSPS) is 10.1. The smallest absolute Gasteiger partial charge is 0.308 e. The summed E-state index contributed by atoms with van der Waals surface area (Å²) in [4.78, 5) is 24.1. The summed E-state index contributed by atoms with van der Waals surface area (Å²) in [7, 11) is 0. The van der Waals surface area contributed by atoms with Gasteiger partial charge in [-0.15, -0.1) is 0 Å². The van der Waals surface area contributed by atoms with E-state index in [0.29, 0.717) is 22.7 Å². The molecule has 0 bridgehead atoms. The van der Waals surface area contributed by atoms with E-state index >= 15 is 0 Å². The SMILES string of the molecule is Cc1ccc(NC(=O)Nc2ccc(NC(=O)Nc3ccc(C)cc3)cc2)cc1. The standard InChI is InChI=1S/C22H22N4O2/c1-15-3-7-17(8-4-15)23-21(27)25-19-11-13-20(14-12-19)26-22(28)24-18-9-5-16(2)6-10-18/h3-14H,1-2H3,(H2,23,25,27)(H2,24,26,28). The third kappa shape index (κ3) is 5.60. The van der Waals surface area contributed by atoms with Crippen LogP contribution in [-0.2, 0) is 0 Å². The molecule has 4 amide bonds. The molecule has 0 fully saturated rings. The van der Waals surface area contributed by atoms with Crippen molar-refractivity contribution in [2.45, 2.75) is 13.8 Å². The third-order valence-corrected chi connectivity index (χ3v) is 4.02. The topological polar surface area (TPSA) is 82.3 Å². The van der Waals surface area contributed by atoms with Crippen molar-refractivity contribution in [1.29, 1.82) is 0 Å². The average Bonchev–Trinajstić information content (AvgIpc) is 2.67. The Hall–Kier alpha value is -3.80. The van der Waals surface area contributed by atoms with Gasteiger partial charge in [0.25, 0.3) is 0 Å². The maximum Gasteiger partial charge on any atom is 0.323 e. The minimum absolute atomic E-state index is 0.332. The molecule has 0 aliphatic carbocycles. The summed E-state index contributed by atoms with van der Waals surface area (Å²) in [6.45, 7) is 3.97. The second-order valence-electron chi connectivity index (χ2n) is 6.47. The van der Waals surface area contributed by atoms with Crippen LogP contribution in [0.3, 0.4) is 0 Å². The van der Waals surface area contributed by atoms with Crippen LogP contribution in [0.1, 0.15) is 11.1 Å². The maximum atomic E-state index is 12.1. The Labute approximate surface area is 164 Å². The summed E-state index contributed by atoms with van der Waals surface area (Å²) in [6, 6.07) is 21.3. The fourth-order valence-electron chi connectivity index (χ4n) is 2.50. The van der Waals surface area contributed by atoms with Crippen molar-refractivity contribution in [3.8, 4) is 0 Å². The lowest BCUT2D eigenvalue weighted by Gasteiger charge is -2.10. The number of carbonyl (C=O) groups excluding carboxylic acids is 2. The highest BCUT2D eigenvalue weighted by molar-refractivity contribution is 6.01. The number of amides is 4. The molecule has 0 saturated heterocycles. The lowest BCUT2D eigenvalue weighted by Crippen LogP contribution is -2.20. The molecule has 3 aromatic carbocycles. The predicted molar refractivity (Wildman–Crippen MR) is 114 cm³/mol. The Morgan fingerprint density at radius 3 is 0.929 bits per heavy atom. The lowest BCUT2D eigenvalue weighted by atomic mass is 10.2. The van der Waals surface area contributed by atoms with Gasteiger partial charge in [-0.25, -0.2) is 9.59 Å². The number of hydrogen-bond acceptors (Lipinski definition) is 2. The van der Waals surface area contributed by atoms with Crippen molar-refractivity contribution < 1.29 is 9.59 Å². The summed E-state index contributed by atoms with van der Waals surface area (Å²) < 4.78 is 0. The molecule has 4 N–H and O–H groups in total. The van der Waals surface area contributed by atoms with E-state index in [-0.39, 0.29) is 12.1 Å². The van der Waals surface area contributed by atoms with Gasteiger partial charge >= 0.3 is 12.1 Å². The monoisotopic (exact) mass is 374 g/mol. The van der Waals surface area contributed by atoms with Gasteiger partial charge in [-0.05, 0) is 62.4 Å². The van der Waals surface area contributed by atoms with E-state index in [2.05, 4.69) is 21.3 Å². The first-order valence-electron chi connectivity index (χ1n) is 8.87. The van der Waals surface area contributed by atoms with E-state index in [4.69, 9.17) is 0 Å². The highest BCUT2D eigenvalue weighted by Crippen LogP contribution is 2.16. The van der Waals surface area contributed by atoms with Crippen molar-refractivity contribution in [2.75, 3.05) is 21.3 Å². The van der Waals surface area contributed by atoms with E-state index in [9.17, 15) is 9.59 Å². The van der Waals surface area contributed by atoms with Gasteiger partial charge in [0.15, 0.2) is 0 Å². The van der Waals surface area contributed by atoms with Crippen LogP contribution < -0.4 is 21.3 Å². The number of hydrogen-bond donors (Lipinski definition) is 4. The first-order chi connectivity index (χ1) is 13.5. The average molecular weight is 374 g/mol. The Morgan fingerprint density at radius 2 is 0.679 bits per heavy atom. The fourth-order valence-corrected chi connectivity index (χ4v) is 2.50. The minimum Gasteiger partial charge on any atom is -0.308 e. The number of urea groups is 2. The highest BCUT2D eigenvalue weighted by Gasteiger charge is 2.05. The number of aryl methyl sites for hydroxylation is 2. The molecule has 3 aromatic rings. The minimum atomic E-state index is -0.332. The number of carbonyl (C=O) groups is 2. The van der Waals surface area contributed by atoms with Crippen molar-refractivity contribution in [3.05, 3.63) is 83.9 Å². The number of benzene rings is 3. The van der Waals surface area contributed by atoms with Gasteiger partial charge in [0.05, 0.1) is 0 Å². The van der Waals surface area contributed by atoms with E-state index in [1.165, 1.54) is 0 Å². The molecule has 0 spiro atoms. The first-order valence-corrected chi connectivity index (χ1v) is 8.87. The summed E-state index contributed by atoms with van der Waals surface area (Å²) in [6.07, 6.45) is 0. The highest BCUT2D eigenvalue weighted by atomic mass is 16.2. The van der Waals surface area contributed by atoms with Gasteiger partial charge in [0, 0.05) is 22.7 Å². The molecule has 3 rings (SSSR count). The van der Waals surface area contributed by atoms with Gasteiger partial charge in [0.2, 0.25) is 0 Å². The van der Waals surface area contributed by atoms with Crippen molar-refractivity contribution >= 4 is 34.8 Å². The molecule has 0 saturated carbocycles. The van der Waals surface area contributed by atoms with E-state index in [1.807, 2.05) is 62.4 Å². The molecule has 0 aromatic heterocycles. The molecule has 6 nitrogen and oxygen atoms in total. The number of nitrogens with one attached hydrogen (secondary N) is 4. The summed E-state index contributed by atoms with van der Waals surface area (Å²) in [5.74, 6) is 0. The van der Waals surface area contributed by atoms with Crippen molar-refractivity contribution in [2.24, 2.45) is 0 Å². The molecule has 0 heterocycles. The van der Waals surface area contributed by atoms with Crippen LogP contribution in [0.25, 0.3) is 0 Å². The van der Waals surface area contributed by atoms with Gasteiger partial charge < -0.3 is 21.3 Å². The van der Waals surface area contributed by atoms with Crippen molar-refractivity contribution in [1.82, 2.24) is 0 Å². The molecule has 0 aliphatic rings. The van der Waals surface area contributed by atoms with Crippen LogP contribution in [-0.4, -0.2) is 12.1 Å². The Morgan fingerprint density at radius 1 is 0.464 bits per heavy atom. The Balaban J connectivity index is 1.51. The molecule has 0 atom stereocenters. The fraction of sp³-hybridized carbons (Fsp3) is 0.0909. The van der Waals surface area contributed by atoms with E-state index in [1.54, 1.807) is 24.3 Å². The lowest BCUT2D eigenvalue weighted by molar-refractivity contribution is 0.261. The van der Waals surface area contributed by atoms with Crippen LogP contribution in [0, 0.1) is 13.8 Å². The second kappa shape index (κ2) is 8.73. The van der Waals surface area contributed by atoms with Crippen molar-refractivity contribution in [3.63, 3.8) is 0 Å². The van der Waals surface area contributed by atoms with Crippen LogP contribution >= 0.6 is 0 Å². The first kappa shape index (κ1) is 19.0. The molecule has 0 aliphatic heterocycles. The van der Waals surface area contributed by atoms with Crippen LogP contribution in [0.4, 0.5) is 32.3 Å². The summed E-state index contributed by atoms with van der Waals surface area (Å²) in [5.41, 5.74) is 4.92. The molecule has 142 valence electrons. The Bertz CT molecular complexity index is 869. The van der Waals surface area contributed by atoms with Gasteiger partial charge in [-0.3, -0.25) is 0 Å². The molecular formula is C22H22N4O2. The predicted octanol–water partition coefficient (Wildman–Crippen LogP) is 5.59. The second-order valence-corrected chi connectivity index (χ2v) is 6.47. The van der Waals surface area contributed by atoms with Crippen LogP contribution in [0.2, 0.25) is 0 Å². The van der Waals surface area contributed by atoms with Crippen LogP contribution in [0.15, 0.2) is 72.8 Å². The van der Waals surface area contributed by atoms with Crippen LogP contribution in [0.5, 0.6) is 0 Å². The molecule has 0 unspecified atom stereocenters. The maximum absolute atomic E-state index is 12.1. The van der Waals surface area contributed by atoms with Gasteiger partial charge in [0.1, 0.15) is 0 Å². The molecule has 28 heavy (non-hydrogen) atoms. The number of rotatable bonds is 4.